The van der Waals surface area contributed by atoms with Gasteiger partial charge in [0.2, 0.25) is 5.91 Å². The summed E-state index contributed by atoms with van der Waals surface area (Å²) in [5, 5.41) is 5.95. The van der Waals surface area contributed by atoms with Gasteiger partial charge in [0.1, 0.15) is 0 Å². The first-order valence-electron chi connectivity index (χ1n) is 5.80. The molecule has 0 radical (unpaired) electrons. The van der Waals surface area contributed by atoms with E-state index >= 15 is 0 Å². The molecule has 0 spiro atoms. The maximum atomic E-state index is 11.6. The standard InChI is InChI=1S/C13H21N3O/c1-11-5-4-6-12(9-11)15-13(17)10-14-7-8-16(2)3/h4-6,9,14H,7-8,10H2,1-3H3,(H,15,17). The Hall–Kier alpha value is -1.39. The second kappa shape index (κ2) is 7.04. The minimum Gasteiger partial charge on any atom is -0.325 e. The fraction of sp³-hybridized carbons (Fsp3) is 0.462. The number of likely N-dealkylation sites (N-methyl/N-ethyl adjacent to an activating group) is 1. The van der Waals surface area contributed by atoms with Crippen LogP contribution in [-0.2, 0) is 4.79 Å². The predicted molar refractivity (Wildman–Crippen MR) is 71.2 cm³/mol. The van der Waals surface area contributed by atoms with Crippen LogP contribution in [0.15, 0.2) is 24.3 Å². The summed E-state index contributed by atoms with van der Waals surface area (Å²) >= 11 is 0. The van der Waals surface area contributed by atoms with Crippen molar-refractivity contribution < 1.29 is 4.79 Å². The molecule has 4 nitrogen and oxygen atoms in total. The van der Waals surface area contributed by atoms with E-state index < -0.39 is 0 Å². The van der Waals surface area contributed by atoms with Gasteiger partial charge in [-0.25, -0.2) is 0 Å². The smallest absolute Gasteiger partial charge is 0.238 e. The van der Waals surface area contributed by atoms with Crippen LogP contribution in [0.3, 0.4) is 0 Å². The summed E-state index contributed by atoms with van der Waals surface area (Å²) in [7, 11) is 4.02. The van der Waals surface area contributed by atoms with Crippen molar-refractivity contribution in [1.82, 2.24) is 10.2 Å². The molecule has 1 rings (SSSR count). The van der Waals surface area contributed by atoms with Gasteiger partial charge in [-0.05, 0) is 38.7 Å². The summed E-state index contributed by atoms with van der Waals surface area (Å²) in [4.78, 5) is 13.7. The number of nitrogens with one attached hydrogen (secondary N) is 2. The summed E-state index contributed by atoms with van der Waals surface area (Å²) in [5.41, 5.74) is 1.99. The summed E-state index contributed by atoms with van der Waals surface area (Å²) in [6.45, 7) is 4.10. The Morgan fingerprint density at radius 2 is 2.12 bits per heavy atom. The molecule has 1 aromatic rings. The van der Waals surface area contributed by atoms with Crippen LogP contribution in [0.25, 0.3) is 0 Å². The molecule has 4 heteroatoms. The molecular formula is C13H21N3O. The van der Waals surface area contributed by atoms with Crippen molar-refractivity contribution in [2.24, 2.45) is 0 Å². The van der Waals surface area contributed by atoms with E-state index in [4.69, 9.17) is 0 Å². The predicted octanol–water partition coefficient (Wildman–Crippen LogP) is 1.08. The number of hydrogen-bond donors (Lipinski definition) is 2. The van der Waals surface area contributed by atoms with Gasteiger partial charge < -0.3 is 15.5 Å². The number of aryl methyl sites for hydroxylation is 1. The fourth-order valence-corrected chi connectivity index (χ4v) is 1.43. The lowest BCUT2D eigenvalue weighted by molar-refractivity contribution is -0.115. The molecule has 0 saturated heterocycles. The SMILES string of the molecule is Cc1cccc(NC(=O)CNCCN(C)C)c1. The van der Waals surface area contributed by atoms with Gasteiger partial charge in [-0.3, -0.25) is 4.79 Å². The average Bonchev–Trinajstić information content (AvgIpc) is 2.24. The Kier molecular flexibility index (Phi) is 5.66. The van der Waals surface area contributed by atoms with Gasteiger partial charge in [0.15, 0.2) is 0 Å². The maximum absolute atomic E-state index is 11.6. The first-order chi connectivity index (χ1) is 8.08. The van der Waals surface area contributed by atoms with Crippen LogP contribution < -0.4 is 10.6 Å². The second-order valence-corrected chi connectivity index (χ2v) is 4.40. The molecule has 1 amide bonds. The van der Waals surface area contributed by atoms with Gasteiger partial charge in [0.25, 0.3) is 0 Å². The zero-order chi connectivity index (χ0) is 12.7. The molecule has 17 heavy (non-hydrogen) atoms. The fourth-order valence-electron chi connectivity index (χ4n) is 1.43. The molecule has 0 unspecified atom stereocenters. The van der Waals surface area contributed by atoms with Crippen molar-refractivity contribution in [3.63, 3.8) is 0 Å². The molecule has 0 aliphatic carbocycles. The number of hydrogen-bond acceptors (Lipinski definition) is 3. The Bertz CT molecular complexity index is 363. The molecule has 94 valence electrons. The van der Waals surface area contributed by atoms with Crippen molar-refractivity contribution in [1.29, 1.82) is 0 Å². The topological polar surface area (TPSA) is 44.4 Å². The van der Waals surface area contributed by atoms with E-state index in [2.05, 4.69) is 15.5 Å². The number of carbonyl (C=O) groups excluding carboxylic acids is 1. The highest BCUT2D eigenvalue weighted by atomic mass is 16.1. The van der Waals surface area contributed by atoms with Crippen molar-refractivity contribution in [2.75, 3.05) is 39.0 Å². The first-order valence-corrected chi connectivity index (χ1v) is 5.80. The van der Waals surface area contributed by atoms with Crippen LogP contribution in [0.5, 0.6) is 0 Å². The minimum atomic E-state index is -0.00523. The molecule has 0 aliphatic rings. The normalized spacial score (nSPS) is 10.6. The number of benzene rings is 1. The van der Waals surface area contributed by atoms with E-state index in [1.54, 1.807) is 0 Å². The van der Waals surface area contributed by atoms with E-state index in [9.17, 15) is 4.79 Å². The molecule has 1 aromatic carbocycles. The van der Waals surface area contributed by atoms with Gasteiger partial charge in [0.05, 0.1) is 6.54 Å². The van der Waals surface area contributed by atoms with Gasteiger partial charge in [-0.15, -0.1) is 0 Å². The lowest BCUT2D eigenvalue weighted by Gasteiger charge is -2.10. The molecule has 0 heterocycles. The highest BCUT2D eigenvalue weighted by Gasteiger charge is 2.01. The zero-order valence-electron chi connectivity index (χ0n) is 10.8. The molecule has 0 aliphatic heterocycles. The van der Waals surface area contributed by atoms with Crippen molar-refractivity contribution in [2.45, 2.75) is 6.92 Å². The first kappa shape index (κ1) is 13.7. The Morgan fingerprint density at radius 1 is 1.35 bits per heavy atom. The molecule has 0 bridgehead atoms. The van der Waals surface area contributed by atoms with Gasteiger partial charge >= 0.3 is 0 Å². The number of amides is 1. The molecular weight excluding hydrogens is 214 g/mol. The van der Waals surface area contributed by atoms with Gasteiger partial charge in [-0.1, -0.05) is 12.1 Å². The summed E-state index contributed by atoms with van der Waals surface area (Å²) in [5.74, 6) is -0.00523. The monoisotopic (exact) mass is 235 g/mol. The van der Waals surface area contributed by atoms with Gasteiger partial charge in [-0.2, -0.15) is 0 Å². The maximum Gasteiger partial charge on any atom is 0.238 e. The van der Waals surface area contributed by atoms with E-state index in [0.717, 1.165) is 24.3 Å². The van der Waals surface area contributed by atoms with E-state index in [1.807, 2.05) is 45.3 Å². The minimum absolute atomic E-state index is 0.00523. The Morgan fingerprint density at radius 3 is 2.76 bits per heavy atom. The number of nitrogens with zero attached hydrogens (tertiary/aromatic N) is 1. The van der Waals surface area contributed by atoms with Crippen molar-refractivity contribution in [3.05, 3.63) is 29.8 Å². The van der Waals surface area contributed by atoms with E-state index in [0.29, 0.717) is 6.54 Å². The number of carbonyl (C=O) groups is 1. The largest absolute Gasteiger partial charge is 0.325 e. The zero-order valence-corrected chi connectivity index (χ0v) is 10.8. The lowest BCUT2D eigenvalue weighted by atomic mass is 10.2. The van der Waals surface area contributed by atoms with Crippen LogP contribution in [0.1, 0.15) is 5.56 Å². The number of anilines is 1. The lowest BCUT2D eigenvalue weighted by Crippen LogP contribution is -2.33. The molecule has 2 N–H and O–H groups in total. The third-order valence-corrected chi connectivity index (χ3v) is 2.32. The Balaban J connectivity index is 2.25. The van der Waals surface area contributed by atoms with Crippen LogP contribution in [0, 0.1) is 6.92 Å². The molecule has 0 fully saturated rings. The van der Waals surface area contributed by atoms with Crippen LogP contribution >= 0.6 is 0 Å². The van der Waals surface area contributed by atoms with Crippen molar-refractivity contribution >= 4 is 11.6 Å². The summed E-state index contributed by atoms with van der Waals surface area (Å²) in [6.07, 6.45) is 0. The van der Waals surface area contributed by atoms with Crippen LogP contribution in [0.4, 0.5) is 5.69 Å². The quantitative estimate of drug-likeness (QED) is 0.725. The highest BCUT2D eigenvalue weighted by molar-refractivity contribution is 5.92. The molecule has 0 aromatic heterocycles. The van der Waals surface area contributed by atoms with Crippen LogP contribution in [-0.4, -0.2) is 44.5 Å². The van der Waals surface area contributed by atoms with Gasteiger partial charge in [0, 0.05) is 18.8 Å². The number of rotatable bonds is 6. The summed E-state index contributed by atoms with van der Waals surface area (Å²) in [6, 6.07) is 7.79. The van der Waals surface area contributed by atoms with Crippen LogP contribution in [0.2, 0.25) is 0 Å². The summed E-state index contributed by atoms with van der Waals surface area (Å²) < 4.78 is 0. The molecule has 0 atom stereocenters. The highest BCUT2D eigenvalue weighted by Crippen LogP contribution is 2.08. The van der Waals surface area contributed by atoms with E-state index in [-0.39, 0.29) is 5.91 Å². The third-order valence-electron chi connectivity index (χ3n) is 2.32. The second-order valence-electron chi connectivity index (χ2n) is 4.40. The van der Waals surface area contributed by atoms with E-state index in [1.165, 1.54) is 0 Å². The van der Waals surface area contributed by atoms with Crippen molar-refractivity contribution in [3.8, 4) is 0 Å². The third kappa shape index (κ3) is 6.04. The molecule has 0 saturated carbocycles. The average molecular weight is 235 g/mol. The Labute approximate surface area is 103 Å².